The van der Waals surface area contributed by atoms with Crippen LogP contribution in [-0.4, -0.2) is 36.6 Å². The Bertz CT molecular complexity index is 807. The van der Waals surface area contributed by atoms with Gasteiger partial charge in [-0.2, -0.15) is 13.2 Å². The van der Waals surface area contributed by atoms with Crippen LogP contribution in [0.2, 0.25) is 0 Å². The van der Waals surface area contributed by atoms with Crippen LogP contribution in [0, 0.1) is 6.92 Å². The molecule has 0 bridgehead atoms. The van der Waals surface area contributed by atoms with Gasteiger partial charge in [-0.1, -0.05) is 48.0 Å². The molecule has 3 rings (SSSR count). The van der Waals surface area contributed by atoms with Crippen LogP contribution in [0.1, 0.15) is 37.5 Å². The summed E-state index contributed by atoms with van der Waals surface area (Å²) in [5.41, 5.74) is -0.499. The number of halogens is 3. The maximum Gasteiger partial charge on any atom is 0.415 e. The number of hydrogen-bond donors (Lipinski definition) is 2. The molecule has 0 aliphatic carbocycles. The van der Waals surface area contributed by atoms with E-state index in [9.17, 15) is 13.2 Å². The molecule has 2 aromatic rings. The SMILES string of the molecule is CC[N+](CC)(CC)[C@@H]1Nc2ccc(C)cc2[C@@](c2ccccc2)(C(F)(F)F)N1. The van der Waals surface area contributed by atoms with Crippen LogP contribution in [-0.2, 0) is 5.54 Å². The highest BCUT2D eigenvalue weighted by Gasteiger charge is 2.62. The monoisotopic (exact) mass is 392 g/mol. The van der Waals surface area contributed by atoms with Gasteiger partial charge in [-0.25, -0.2) is 5.32 Å². The Morgan fingerprint density at radius 2 is 1.57 bits per heavy atom. The third-order valence-corrected chi connectivity index (χ3v) is 6.29. The minimum Gasteiger partial charge on any atom is -0.323 e. The molecule has 0 fully saturated rings. The van der Waals surface area contributed by atoms with Crippen molar-refractivity contribution in [2.45, 2.75) is 45.7 Å². The summed E-state index contributed by atoms with van der Waals surface area (Å²) in [7, 11) is 0. The highest BCUT2D eigenvalue weighted by molar-refractivity contribution is 5.62. The summed E-state index contributed by atoms with van der Waals surface area (Å²) in [4.78, 5) is 0. The molecule has 2 aromatic carbocycles. The third-order valence-electron chi connectivity index (χ3n) is 6.29. The summed E-state index contributed by atoms with van der Waals surface area (Å²) in [6.45, 7) is 10.1. The second kappa shape index (κ2) is 7.41. The highest BCUT2D eigenvalue weighted by Crippen LogP contribution is 2.49. The quantitative estimate of drug-likeness (QED) is 0.702. The van der Waals surface area contributed by atoms with Crippen molar-refractivity contribution in [3.05, 3.63) is 65.2 Å². The van der Waals surface area contributed by atoms with E-state index in [4.69, 9.17) is 0 Å². The van der Waals surface area contributed by atoms with Gasteiger partial charge in [0.25, 0.3) is 0 Å². The number of aryl methyl sites for hydroxylation is 1. The van der Waals surface area contributed by atoms with Crippen molar-refractivity contribution < 1.29 is 17.7 Å². The first kappa shape index (κ1) is 20.7. The predicted molar refractivity (Wildman–Crippen MR) is 107 cm³/mol. The Labute approximate surface area is 165 Å². The standard InChI is InChI=1S/C22H29F3N3/c1-5-28(6-2,7-3)20-26-19-14-13-16(4)15-18(19)21(27-20,22(23,24)25)17-11-9-8-10-12-17/h8-15,20,26-27H,5-7H2,1-4H3/q+1/t20-,21+/m1/s1. The smallest absolute Gasteiger partial charge is 0.323 e. The first-order valence-electron chi connectivity index (χ1n) is 9.87. The summed E-state index contributed by atoms with van der Waals surface area (Å²) in [5, 5.41) is 6.41. The molecule has 0 amide bonds. The van der Waals surface area contributed by atoms with Crippen molar-refractivity contribution in [2.24, 2.45) is 0 Å². The third kappa shape index (κ3) is 3.08. The van der Waals surface area contributed by atoms with E-state index in [1.54, 1.807) is 42.5 Å². The second-order valence-electron chi connectivity index (χ2n) is 7.52. The lowest BCUT2D eigenvalue weighted by Crippen LogP contribution is -2.73. The Morgan fingerprint density at radius 1 is 0.964 bits per heavy atom. The van der Waals surface area contributed by atoms with E-state index < -0.39 is 18.0 Å². The van der Waals surface area contributed by atoms with E-state index in [0.29, 0.717) is 10.2 Å². The molecule has 0 saturated carbocycles. The zero-order chi connectivity index (χ0) is 20.6. The van der Waals surface area contributed by atoms with Gasteiger partial charge in [0.2, 0.25) is 6.29 Å². The lowest BCUT2D eigenvalue weighted by molar-refractivity contribution is -0.947. The van der Waals surface area contributed by atoms with Crippen LogP contribution in [0.4, 0.5) is 18.9 Å². The fraction of sp³-hybridized carbons (Fsp3) is 0.455. The van der Waals surface area contributed by atoms with Gasteiger partial charge in [-0.15, -0.1) is 0 Å². The Morgan fingerprint density at radius 3 is 2.11 bits per heavy atom. The number of alkyl halides is 3. The maximum atomic E-state index is 14.9. The molecule has 0 aromatic heterocycles. The van der Waals surface area contributed by atoms with Crippen LogP contribution in [0.15, 0.2) is 48.5 Å². The molecule has 152 valence electrons. The number of nitrogens with one attached hydrogen (secondary N) is 2. The zero-order valence-electron chi connectivity index (χ0n) is 16.9. The summed E-state index contributed by atoms with van der Waals surface area (Å²) < 4.78 is 45.1. The number of fused-ring (bicyclic) bond motifs is 1. The lowest BCUT2D eigenvalue weighted by Gasteiger charge is -2.52. The van der Waals surface area contributed by atoms with E-state index >= 15 is 0 Å². The summed E-state index contributed by atoms with van der Waals surface area (Å²) in [6, 6.07) is 13.5. The second-order valence-corrected chi connectivity index (χ2v) is 7.52. The number of benzene rings is 2. The number of rotatable bonds is 5. The van der Waals surface area contributed by atoms with Crippen molar-refractivity contribution in [3.63, 3.8) is 0 Å². The highest BCUT2D eigenvalue weighted by atomic mass is 19.4. The normalized spacial score (nSPS) is 22.5. The van der Waals surface area contributed by atoms with E-state index in [1.807, 2.05) is 33.8 Å². The van der Waals surface area contributed by atoms with Crippen LogP contribution >= 0.6 is 0 Å². The van der Waals surface area contributed by atoms with E-state index in [1.165, 1.54) is 0 Å². The summed E-state index contributed by atoms with van der Waals surface area (Å²) in [6.07, 6.45) is -5.07. The van der Waals surface area contributed by atoms with E-state index in [-0.39, 0.29) is 11.1 Å². The topological polar surface area (TPSA) is 24.1 Å². The number of hydrogen-bond acceptors (Lipinski definition) is 2. The number of quaternary nitrogens is 1. The summed E-state index contributed by atoms with van der Waals surface area (Å²) >= 11 is 0. The fourth-order valence-corrected chi connectivity index (χ4v) is 4.38. The van der Waals surface area contributed by atoms with Crippen molar-refractivity contribution >= 4 is 5.69 Å². The van der Waals surface area contributed by atoms with E-state index in [0.717, 1.165) is 25.2 Å². The van der Waals surface area contributed by atoms with Crippen LogP contribution in [0.5, 0.6) is 0 Å². The van der Waals surface area contributed by atoms with E-state index in [2.05, 4.69) is 10.6 Å². The fourth-order valence-electron chi connectivity index (χ4n) is 4.38. The summed E-state index contributed by atoms with van der Waals surface area (Å²) in [5.74, 6) is 0. The molecule has 1 heterocycles. The number of nitrogens with zero attached hydrogens (tertiary/aromatic N) is 1. The van der Waals surface area contributed by atoms with Crippen LogP contribution < -0.4 is 10.6 Å². The van der Waals surface area contributed by atoms with Crippen molar-refractivity contribution in [3.8, 4) is 0 Å². The van der Waals surface area contributed by atoms with Gasteiger partial charge in [-0.05, 0) is 39.3 Å². The van der Waals surface area contributed by atoms with Gasteiger partial charge in [0.05, 0.1) is 19.6 Å². The molecule has 1 aliphatic heterocycles. The van der Waals surface area contributed by atoms with Crippen LogP contribution in [0.25, 0.3) is 0 Å². The predicted octanol–water partition coefficient (Wildman–Crippen LogP) is 4.98. The molecule has 0 unspecified atom stereocenters. The van der Waals surface area contributed by atoms with Crippen molar-refractivity contribution in [2.75, 3.05) is 25.0 Å². The zero-order valence-corrected chi connectivity index (χ0v) is 16.9. The molecule has 1 aliphatic rings. The Hall–Kier alpha value is -2.05. The molecule has 28 heavy (non-hydrogen) atoms. The molecular weight excluding hydrogens is 363 g/mol. The molecule has 0 saturated heterocycles. The first-order chi connectivity index (χ1) is 13.2. The first-order valence-corrected chi connectivity index (χ1v) is 9.87. The Balaban J connectivity index is 2.32. The Kier molecular flexibility index (Phi) is 5.47. The molecule has 2 atom stereocenters. The van der Waals surface area contributed by atoms with Gasteiger partial charge in [0.1, 0.15) is 0 Å². The molecule has 3 nitrogen and oxygen atoms in total. The van der Waals surface area contributed by atoms with Crippen molar-refractivity contribution in [1.29, 1.82) is 0 Å². The number of anilines is 1. The van der Waals surface area contributed by atoms with Crippen LogP contribution in [0.3, 0.4) is 0 Å². The van der Waals surface area contributed by atoms with Gasteiger partial charge < -0.3 is 5.32 Å². The van der Waals surface area contributed by atoms with Gasteiger partial charge in [-0.3, -0.25) is 4.48 Å². The van der Waals surface area contributed by atoms with Gasteiger partial charge in [0.15, 0.2) is 5.54 Å². The minimum atomic E-state index is -4.51. The van der Waals surface area contributed by atoms with Crippen molar-refractivity contribution in [1.82, 2.24) is 5.32 Å². The maximum absolute atomic E-state index is 14.9. The largest absolute Gasteiger partial charge is 0.415 e. The average Bonchev–Trinajstić information content (AvgIpc) is 2.69. The minimum absolute atomic E-state index is 0.210. The molecule has 6 heteroatoms. The molecular formula is C22H29F3N3+. The molecule has 2 N–H and O–H groups in total. The van der Waals surface area contributed by atoms with Gasteiger partial charge in [0, 0.05) is 11.3 Å². The average molecular weight is 392 g/mol. The molecule has 0 radical (unpaired) electrons. The molecule has 0 spiro atoms. The lowest BCUT2D eigenvalue weighted by atomic mass is 9.79. The van der Waals surface area contributed by atoms with Gasteiger partial charge >= 0.3 is 6.18 Å².